The molecule has 248 valence electrons. The number of carbonyl (C=O) groups is 1. The third-order valence-electron chi connectivity index (χ3n) is 9.04. The van der Waals surface area contributed by atoms with Crippen molar-refractivity contribution in [2.75, 3.05) is 83.0 Å². The fraction of sp³-hybridized carbons (Fsp3) is 0.500. The smallest absolute Gasteiger partial charge is 0.243 e. The van der Waals surface area contributed by atoms with E-state index in [2.05, 4.69) is 25.3 Å². The molecule has 1 atom stereocenters. The monoisotopic (exact) mass is 658 g/mol. The molecule has 4 heterocycles. The summed E-state index contributed by atoms with van der Waals surface area (Å²) in [5.74, 6) is -1.73. The van der Waals surface area contributed by atoms with Crippen LogP contribution >= 0.6 is 0 Å². The maximum atomic E-state index is 13.9. The molecule has 1 unspecified atom stereocenters. The quantitative estimate of drug-likeness (QED) is 0.283. The van der Waals surface area contributed by atoms with Gasteiger partial charge in [0, 0.05) is 113 Å². The van der Waals surface area contributed by atoms with Gasteiger partial charge in [-0.15, -0.1) is 0 Å². The number of nitrogens with one attached hydrogen (secondary N) is 2. The van der Waals surface area contributed by atoms with E-state index < -0.39 is 26.6 Å². The van der Waals surface area contributed by atoms with Gasteiger partial charge in [0.15, 0.2) is 5.78 Å². The van der Waals surface area contributed by atoms with Crippen molar-refractivity contribution in [1.29, 1.82) is 0 Å². The van der Waals surface area contributed by atoms with E-state index in [4.69, 9.17) is 9.47 Å². The number of anilines is 2. The summed E-state index contributed by atoms with van der Waals surface area (Å²) < 4.78 is 66.2. The van der Waals surface area contributed by atoms with Crippen LogP contribution in [0.2, 0.25) is 0 Å². The summed E-state index contributed by atoms with van der Waals surface area (Å²) in [6.45, 7) is 7.35. The minimum atomic E-state index is -4.18. The molecule has 0 saturated carbocycles. The van der Waals surface area contributed by atoms with E-state index in [1.54, 1.807) is 7.11 Å². The van der Waals surface area contributed by atoms with E-state index in [1.807, 2.05) is 18.2 Å². The number of nitrogens with zero attached hydrogens (tertiary/aromatic N) is 4. The minimum Gasteiger partial charge on any atom is -0.384 e. The van der Waals surface area contributed by atoms with Gasteiger partial charge in [0.25, 0.3) is 0 Å². The third kappa shape index (κ3) is 7.26. The first-order valence-electron chi connectivity index (χ1n) is 15.7. The van der Waals surface area contributed by atoms with Crippen LogP contribution in [0.5, 0.6) is 0 Å². The van der Waals surface area contributed by atoms with Crippen LogP contribution in [-0.2, 0) is 38.9 Å². The van der Waals surface area contributed by atoms with E-state index in [9.17, 15) is 22.0 Å². The number of halogens is 2. The van der Waals surface area contributed by atoms with Crippen LogP contribution in [0.25, 0.3) is 0 Å². The highest BCUT2D eigenvalue weighted by atomic mass is 32.2. The van der Waals surface area contributed by atoms with Gasteiger partial charge in [-0.2, -0.15) is 9.40 Å². The molecule has 3 aliphatic heterocycles. The Bertz CT molecular complexity index is 1630. The first-order chi connectivity index (χ1) is 22.2. The Labute approximate surface area is 267 Å². The number of benzene rings is 2. The third-order valence-corrected chi connectivity index (χ3v) is 10.9. The molecule has 0 bridgehead atoms. The van der Waals surface area contributed by atoms with Gasteiger partial charge < -0.3 is 19.7 Å². The van der Waals surface area contributed by atoms with E-state index in [0.717, 1.165) is 75.0 Å². The number of fused-ring (bicyclic) bond motifs is 1. The van der Waals surface area contributed by atoms with E-state index >= 15 is 0 Å². The summed E-state index contributed by atoms with van der Waals surface area (Å²) in [5, 5.41) is 10.9. The van der Waals surface area contributed by atoms with Crippen molar-refractivity contribution in [1.82, 2.24) is 19.4 Å². The van der Waals surface area contributed by atoms with Gasteiger partial charge in [0.05, 0.1) is 30.2 Å². The highest BCUT2D eigenvalue weighted by Crippen LogP contribution is 2.30. The molecule has 1 aromatic heterocycles. The standard InChI is InChI=1S/C32H40F2N6O5S/c1-44-13-11-38-7-9-39(10-8-38)25-2-3-27(30(17-25)35-19-22-5-12-45-21-22)32(41)18-31-28-20-40(6-4-29(28)36-37-31)46(42,43)26-15-23(33)14-24(34)16-26/h2-3,14-17,22,35H,4-13,18-21H2,1H3,(H,36,37). The largest absolute Gasteiger partial charge is 0.384 e. The summed E-state index contributed by atoms with van der Waals surface area (Å²) >= 11 is 0. The van der Waals surface area contributed by atoms with E-state index in [-0.39, 0.29) is 25.3 Å². The maximum Gasteiger partial charge on any atom is 0.243 e. The maximum absolute atomic E-state index is 13.9. The van der Waals surface area contributed by atoms with Crippen molar-refractivity contribution >= 4 is 27.2 Å². The molecule has 46 heavy (non-hydrogen) atoms. The van der Waals surface area contributed by atoms with Gasteiger partial charge in [-0.05, 0) is 36.8 Å². The summed E-state index contributed by atoms with van der Waals surface area (Å²) in [4.78, 5) is 18.1. The molecule has 14 heteroatoms. The second-order valence-corrected chi connectivity index (χ2v) is 14.0. The highest BCUT2D eigenvalue weighted by molar-refractivity contribution is 7.89. The van der Waals surface area contributed by atoms with Crippen molar-refractivity contribution < 1.29 is 31.5 Å². The summed E-state index contributed by atoms with van der Waals surface area (Å²) in [6, 6.07) is 8.14. The molecule has 2 fully saturated rings. The van der Waals surface area contributed by atoms with Crippen molar-refractivity contribution in [2.45, 2.75) is 30.7 Å². The minimum absolute atomic E-state index is 0.0347. The number of sulfonamides is 1. The first-order valence-corrected chi connectivity index (χ1v) is 17.1. The van der Waals surface area contributed by atoms with Crippen molar-refractivity contribution in [3.05, 3.63) is 70.5 Å². The van der Waals surface area contributed by atoms with Crippen LogP contribution in [0.1, 0.15) is 33.7 Å². The molecule has 2 N–H and O–H groups in total. The predicted octanol–water partition coefficient (Wildman–Crippen LogP) is 3.08. The van der Waals surface area contributed by atoms with E-state index in [0.29, 0.717) is 55.0 Å². The number of methoxy groups -OCH3 is 1. The second-order valence-electron chi connectivity index (χ2n) is 12.1. The number of hydrogen-bond acceptors (Lipinski definition) is 9. The number of ketones is 1. The zero-order valence-corrected chi connectivity index (χ0v) is 26.8. The van der Waals surface area contributed by atoms with Crippen LogP contribution in [0.3, 0.4) is 0 Å². The summed E-state index contributed by atoms with van der Waals surface area (Å²) in [6.07, 6.45) is 1.25. The zero-order chi connectivity index (χ0) is 32.3. The molecule has 6 rings (SSSR count). The lowest BCUT2D eigenvalue weighted by molar-refractivity contribution is 0.0992. The van der Waals surface area contributed by atoms with Crippen LogP contribution in [-0.4, -0.2) is 106 Å². The Morgan fingerprint density at radius 3 is 2.61 bits per heavy atom. The number of hydrogen-bond donors (Lipinski definition) is 2. The Morgan fingerprint density at radius 1 is 1.11 bits per heavy atom. The van der Waals surface area contributed by atoms with Crippen molar-refractivity contribution in [2.24, 2.45) is 5.92 Å². The molecule has 0 aliphatic carbocycles. The summed E-state index contributed by atoms with van der Waals surface area (Å²) in [5.41, 5.74) is 4.14. The topological polar surface area (TPSA) is 120 Å². The van der Waals surface area contributed by atoms with Crippen LogP contribution in [0.15, 0.2) is 41.3 Å². The van der Waals surface area contributed by atoms with Gasteiger partial charge in [-0.3, -0.25) is 14.8 Å². The van der Waals surface area contributed by atoms with Gasteiger partial charge in [-0.1, -0.05) is 0 Å². The highest BCUT2D eigenvalue weighted by Gasteiger charge is 2.32. The number of Topliss-reactive ketones (excluding diaryl/α,β-unsaturated/α-hetero) is 1. The molecule has 3 aliphatic rings. The average Bonchev–Trinajstić information content (AvgIpc) is 3.72. The van der Waals surface area contributed by atoms with Crippen molar-refractivity contribution in [3.63, 3.8) is 0 Å². The number of rotatable bonds is 12. The Hall–Kier alpha value is -3.43. The van der Waals surface area contributed by atoms with Crippen LogP contribution in [0.4, 0.5) is 20.2 Å². The Morgan fingerprint density at radius 2 is 1.89 bits per heavy atom. The van der Waals surface area contributed by atoms with Gasteiger partial charge >= 0.3 is 0 Å². The molecule has 0 amide bonds. The Kier molecular flexibility index (Phi) is 9.99. The van der Waals surface area contributed by atoms with Crippen LogP contribution < -0.4 is 10.2 Å². The second kappa shape index (κ2) is 14.1. The number of H-pyrrole nitrogens is 1. The SMILES string of the molecule is COCCN1CCN(c2ccc(C(=O)Cc3n[nH]c4c3CN(S(=O)(=O)c3cc(F)cc(F)c3)CC4)c(NCC3CCOC3)c2)CC1. The lowest BCUT2D eigenvalue weighted by atomic mass is 9.99. The fourth-order valence-electron chi connectivity index (χ4n) is 6.32. The van der Waals surface area contributed by atoms with Gasteiger partial charge in [0.2, 0.25) is 10.0 Å². The lowest BCUT2D eigenvalue weighted by Crippen LogP contribution is -2.47. The summed E-state index contributed by atoms with van der Waals surface area (Å²) in [7, 11) is -2.47. The molecule has 2 aromatic carbocycles. The Balaban J connectivity index is 1.20. The first kappa shape index (κ1) is 32.5. The van der Waals surface area contributed by atoms with Crippen molar-refractivity contribution in [3.8, 4) is 0 Å². The van der Waals surface area contributed by atoms with Gasteiger partial charge in [-0.25, -0.2) is 17.2 Å². The van der Waals surface area contributed by atoms with Crippen LogP contribution in [0, 0.1) is 17.6 Å². The fourth-order valence-corrected chi connectivity index (χ4v) is 7.77. The molecule has 0 radical (unpaired) electrons. The number of aromatic nitrogens is 2. The molecule has 3 aromatic rings. The van der Waals surface area contributed by atoms with Gasteiger partial charge in [0.1, 0.15) is 11.6 Å². The predicted molar refractivity (Wildman–Crippen MR) is 169 cm³/mol. The number of aromatic amines is 1. The number of piperazine rings is 1. The molecule has 11 nitrogen and oxygen atoms in total. The zero-order valence-electron chi connectivity index (χ0n) is 25.9. The molecular formula is C32H40F2N6O5S. The average molecular weight is 659 g/mol. The molecule has 0 spiro atoms. The molecule has 2 saturated heterocycles. The van der Waals surface area contributed by atoms with E-state index in [1.165, 1.54) is 4.31 Å². The number of ether oxygens (including phenoxy) is 2. The number of carbonyl (C=O) groups excluding carboxylic acids is 1. The normalized spacial score (nSPS) is 19.4. The molecular weight excluding hydrogens is 618 g/mol. The lowest BCUT2D eigenvalue weighted by Gasteiger charge is -2.36.